The molecule has 0 bridgehead atoms. The zero-order valence-electron chi connectivity index (χ0n) is 9.33. The number of nitrogens with zero attached hydrogens (tertiary/aromatic N) is 1. The Balaban J connectivity index is 1.96. The summed E-state index contributed by atoms with van der Waals surface area (Å²) < 4.78 is 5.52. The van der Waals surface area contributed by atoms with Crippen LogP contribution in [-0.2, 0) is 4.74 Å². The molecule has 14 heavy (non-hydrogen) atoms. The predicted molar refractivity (Wildman–Crippen MR) is 57.2 cm³/mol. The molecule has 2 fully saturated rings. The monoisotopic (exact) mass is 198 g/mol. The Morgan fingerprint density at radius 3 is 2.71 bits per heavy atom. The Morgan fingerprint density at radius 1 is 1.50 bits per heavy atom. The molecule has 3 nitrogen and oxygen atoms in total. The van der Waals surface area contributed by atoms with E-state index in [1.54, 1.807) is 0 Å². The Kier molecular flexibility index (Phi) is 2.82. The number of nitrogens with two attached hydrogens (primary N) is 1. The van der Waals surface area contributed by atoms with Gasteiger partial charge < -0.3 is 10.5 Å². The molecule has 0 aromatic carbocycles. The molecule has 1 heterocycles. The topological polar surface area (TPSA) is 38.5 Å². The molecule has 0 aromatic heterocycles. The van der Waals surface area contributed by atoms with Gasteiger partial charge in [0.05, 0.1) is 6.10 Å². The summed E-state index contributed by atoms with van der Waals surface area (Å²) in [5.74, 6) is 0.699. The lowest BCUT2D eigenvalue weighted by Gasteiger charge is -2.40. The van der Waals surface area contributed by atoms with Crippen molar-refractivity contribution in [3.63, 3.8) is 0 Å². The van der Waals surface area contributed by atoms with E-state index in [-0.39, 0.29) is 0 Å². The van der Waals surface area contributed by atoms with Crippen LogP contribution in [0.15, 0.2) is 0 Å². The van der Waals surface area contributed by atoms with Crippen LogP contribution in [-0.4, -0.2) is 43.3 Å². The fourth-order valence-electron chi connectivity index (χ4n) is 2.57. The van der Waals surface area contributed by atoms with Crippen molar-refractivity contribution in [2.45, 2.75) is 37.8 Å². The van der Waals surface area contributed by atoms with Crippen molar-refractivity contribution in [2.75, 3.05) is 26.7 Å². The summed E-state index contributed by atoms with van der Waals surface area (Å²) in [6.07, 6.45) is 4.23. The van der Waals surface area contributed by atoms with Crippen LogP contribution in [0, 0.1) is 5.92 Å². The van der Waals surface area contributed by atoms with E-state index in [0.29, 0.717) is 17.6 Å². The van der Waals surface area contributed by atoms with Gasteiger partial charge in [0.1, 0.15) is 0 Å². The highest BCUT2D eigenvalue weighted by Crippen LogP contribution is 2.42. The predicted octanol–water partition coefficient (Wildman–Crippen LogP) is 0.834. The van der Waals surface area contributed by atoms with Crippen LogP contribution in [0.3, 0.4) is 0 Å². The van der Waals surface area contributed by atoms with Gasteiger partial charge in [0.15, 0.2) is 0 Å². The molecular weight excluding hydrogens is 176 g/mol. The zero-order valence-corrected chi connectivity index (χ0v) is 9.33. The second-order valence-corrected chi connectivity index (χ2v) is 4.91. The highest BCUT2D eigenvalue weighted by molar-refractivity contribution is 5.06. The number of hydrogen-bond donors (Lipinski definition) is 1. The molecule has 0 aromatic rings. The summed E-state index contributed by atoms with van der Waals surface area (Å²) in [5, 5.41) is 0. The molecule has 1 aliphatic heterocycles. The fraction of sp³-hybridized carbons (Fsp3) is 1.00. The Morgan fingerprint density at radius 2 is 2.21 bits per heavy atom. The second kappa shape index (κ2) is 3.80. The van der Waals surface area contributed by atoms with E-state index >= 15 is 0 Å². The lowest BCUT2D eigenvalue weighted by molar-refractivity contribution is -0.0226. The first-order valence-corrected chi connectivity index (χ1v) is 5.70. The van der Waals surface area contributed by atoms with Gasteiger partial charge in [-0.2, -0.15) is 0 Å². The van der Waals surface area contributed by atoms with Gasteiger partial charge >= 0.3 is 0 Å². The molecule has 0 amide bonds. The minimum Gasteiger partial charge on any atom is -0.380 e. The third-order valence-electron chi connectivity index (χ3n) is 4.07. The van der Waals surface area contributed by atoms with Gasteiger partial charge in [0.2, 0.25) is 0 Å². The van der Waals surface area contributed by atoms with Gasteiger partial charge in [-0.1, -0.05) is 6.92 Å². The average molecular weight is 198 g/mol. The number of likely N-dealkylation sites (tertiary alicyclic amines) is 1. The number of rotatable bonds is 3. The third kappa shape index (κ3) is 1.69. The normalized spacial score (nSPS) is 37.1. The summed E-state index contributed by atoms with van der Waals surface area (Å²) in [5.41, 5.74) is 6.20. The molecule has 3 heteroatoms. The number of ether oxygens (including phenoxy) is 1. The van der Waals surface area contributed by atoms with E-state index in [1.807, 2.05) is 7.11 Å². The molecule has 1 saturated carbocycles. The van der Waals surface area contributed by atoms with Crippen molar-refractivity contribution in [1.29, 1.82) is 0 Å². The van der Waals surface area contributed by atoms with Crippen LogP contribution in [0.2, 0.25) is 0 Å². The molecule has 2 unspecified atom stereocenters. The van der Waals surface area contributed by atoms with Crippen molar-refractivity contribution >= 4 is 0 Å². The zero-order chi connectivity index (χ0) is 10.2. The highest BCUT2D eigenvalue weighted by atomic mass is 16.5. The van der Waals surface area contributed by atoms with E-state index in [4.69, 9.17) is 10.5 Å². The minimum absolute atomic E-state index is 0.358. The number of methoxy groups -OCH3 is 1. The van der Waals surface area contributed by atoms with Gasteiger partial charge in [-0.15, -0.1) is 0 Å². The van der Waals surface area contributed by atoms with Gasteiger partial charge in [0, 0.05) is 25.7 Å². The van der Waals surface area contributed by atoms with Crippen LogP contribution in [0.1, 0.15) is 26.2 Å². The molecule has 0 radical (unpaired) electrons. The Hall–Kier alpha value is -0.120. The van der Waals surface area contributed by atoms with E-state index in [9.17, 15) is 0 Å². The molecule has 1 aliphatic carbocycles. The van der Waals surface area contributed by atoms with Crippen LogP contribution < -0.4 is 5.73 Å². The second-order valence-electron chi connectivity index (χ2n) is 4.91. The summed E-state index contributed by atoms with van der Waals surface area (Å²) in [6, 6.07) is 0. The quantitative estimate of drug-likeness (QED) is 0.730. The molecular formula is C11H22N2O. The van der Waals surface area contributed by atoms with Crippen LogP contribution in [0.5, 0.6) is 0 Å². The molecule has 2 aliphatic rings. The van der Waals surface area contributed by atoms with Crippen molar-refractivity contribution in [2.24, 2.45) is 11.7 Å². The summed E-state index contributed by atoms with van der Waals surface area (Å²) in [6.45, 7) is 5.39. The van der Waals surface area contributed by atoms with Crippen LogP contribution in [0.4, 0.5) is 0 Å². The minimum atomic E-state index is 0.358. The third-order valence-corrected chi connectivity index (χ3v) is 4.07. The first kappa shape index (κ1) is 10.4. The number of hydrogen-bond acceptors (Lipinski definition) is 3. The summed E-state index contributed by atoms with van der Waals surface area (Å²) in [7, 11) is 1.83. The molecule has 2 N–H and O–H groups in total. The van der Waals surface area contributed by atoms with Gasteiger partial charge in [-0.3, -0.25) is 4.90 Å². The lowest BCUT2D eigenvalue weighted by Crippen LogP contribution is -2.52. The van der Waals surface area contributed by atoms with Crippen LogP contribution >= 0.6 is 0 Å². The highest BCUT2D eigenvalue weighted by Gasteiger charge is 2.48. The smallest absolute Gasteiger partial charge is 0.0724 e. The van der Waals surface area contributed by atoms with Crippen molar-refractivity contribution < 1.29 is 4.74 Å². The maximum absolute atomic E-state index is 5.84. The van der Waals surface area contributed by atoms with E-state index in [1.165, 1.54) is 25.8 Å². The van der Waals surface area contributed by atoms with Crippen LogP contribution in [0.25, 0.3) is 0 Å². The first-order chi connectivity index (χ1) is 6.72. The maximum Gasteiger partial charge on any atom is 0.0724 e. The average Bonchev–Trinajstić information content (AvgIpc) is 2.99. The molecule has 82 valence electrons. The Bertz CT molecular complexity index is 203. The van der Waals surface area contributed by atoms with E-state index in [2.05, 4.69) is 11.8 Å². The SMILES string of the molecule is COC1CN(C2(CN)CC2)CCC1C. The summed E-state index contributed by atoms with van der Waals surface area (Å²) in [4.78, 5) is 2.56. The van der Waals surface area contributed by atoms with Crippen molar-refractivity contribution in [3.05, 3.63) is 0 Å². The van der Waals surface area contributed by atoms with Crippen molar-refractivity contribution in [3.8, 4) is 0 Å². The maximum atomic E-state index is 5.84. The molecule has 2 atom stereocenters. The van der Waals surface area contributed by atoms with Gasteiger partial charge in [-0.25, -0.2) is 0 Å². The summed E-state index contributed by atoms with van der Waals surface area (Å²) >= 11 is 0. The fourth-order valence-corrected chi connectivity index (χ4v) is 2.57. The Labute approximate surface area is 86.6 Å². The van der Waals surface area contributed by atoms with E-state index < -0.39 is 0 Å². The molecule has 1 saturated heterocycles. The van der Waals surface area contributed by atoms with E-state index in [0.717, 1.165) is 13.1 Å². The van der Waals surface area contributed by atoms with Gasteiger partial charge in [0.25, 0.3) is 0 Å². The first-order valence-electron chi connectivity index (χ1n) is 5.70. The molecule has 2 rings (SSSR count). The van der Waals surface area contributed by atoms with Gasteiger partial charge in [-0.05, 0) is 31.7 Å². The largest absolute Gasteiger partial charge is 0.380 e. The standard InChI is InChI=1S/C11H22N2O/c1-9-3-6-13(7-10(9)14-2)11(8-12)4-5-11/h9-10H,3-8,12H2,1-2H3. The van der Waals surface area contributed by atoms with Crippen molar-refractivity contribution in [1.82, 2.24) is 4.90 Å². The number of piperidine rings is 1. The lowest BCUT2D eigenvalue weighted by atomic mass is 9.94. The molecule has 0 spiro atoms.